The second kappa shape index (κ2) is 10.0. The van der Waals surface area contributed by atoms with Gasteiger partial charge in [0.2, 0.25) is 0 Å². The van der Waals surface area contributed by atoms with Gasteiger partial charge in [0.25, 0.3) is 11.8 Å². The molecule has 0 saturated heterocycles. The number of nitriles is 1. The van der Waals surface area contributed by atoms with Crippen molar-refractivity contribution in [3.63, 3.8) is 0 Å². The summed E-state index contributed by atoms with van der Waals surface area (Å²) >= 11 is 1.26. The van der Waals surface area contributed by atoms with Gasteiger partial charge in [0.1, 0.15) is 6.07 Å². The molecule has 1 N–H and O–H groups in total. The highest BCUT2D eigenvalue weighted by atomic mass is 32.2. The van der Waals surface area contributed by atoms with Crippen molar-refractivity contribution >= 4 is 29.5 Å². The first kappa shape index (κ1) is 20.8. The van der Waals surface area contributed by atoms with Crippen LogP contribution in [0.4, 0.5) is 0 Å². The van der Waals surface area contributed by atoms with Crippen LogP contribution in [-0.2, 0) is 9.53 Å². The number of imide groups is 1. The number of nitrogens with zero attached hydrogens (tertiary/aromatic N) is 1. The molecule has 0 aliphatic heterocycles. The Balaban J connectivity index is 1.64. The van der Waals surface area contributed by atoms with Crippen LogP contribution in [0, 0.1) is 11.3 Å². The number of hydrogen-bond donors (Lipinski definition) is 1. The highest BCUT2D eigenvalue weighted by molar-refractivity contribution is 7.99. The summed E-state index contributed by atoms with van der Waals surface area (Å²) in [5.41, 5.74) is 1.08. The van der Waals surface area contributed by atoms with E-state index >= 15 is 0 Å². The number of carbonyl (C=O) groups is 3. The van der Waals surface area contributed by atoms with E-state index in [9.17, 15) is 19.6 Å². The van der Waals surface area contributed by atoms with Crippen molar-refractivity contribution in [2.24, 2.45) is 0 Å². The van der Waals surface area contributed by atoms with Gasteiger partial charge in [-0.25, -0.2) is 4.79 Å². The Labute approximate surface area is 177 Å². The maximum atomic E-state index is 12.5. The molecule has 0 spiro atoms. The highest BCUT2D eigenvalue weighted by Gasteiger charge is 2.17. The van der Waals surface area contributed by atoms with Crippen molar-refractivity contribution in [3.05, 3.63) is 95.6 Å². The van der Waals surface area contributed by atoms with Gasteiger partial charge in [0.05, 0.1) is 11.1 Å². The molecule has 0 radical (unpaired) electrons. The molecule has 30 heavy (non-hydrogen) atoms. The standard InChI is InChI=1S/C23H16N2O4S/c24-14-17-10-4-6-12-19(17)30-20-13-7-5-11-18(20)23(28)29-15-21(26)25-22(27)16-8-2-1-3-9-16/h1-13H,15H2,(H,25,26,27). The largest absolute Gasteiger partial charge is 0.452 e. The Morgan fingerprint density at radius 3 is 2.23 bits per heavy atom. The number of amides is 2. The minimum Gasteiger partial charge on any atom is -0.452 e. The molecule has 3 rings (SSSR count). The fraction of sp³-hybridized carbons (Fsp3) is 0.0435. The molecular weight excluding hydrogens is 400 g/mol. The Hall–Kier alpha value is -3.89. The Bertz CT molecular complexity index is 1120. The van der Waals surface area contributed by atoms with Crippen LogP contribution < -0.4 is 5.32 Å². The van der Waals surface area contributed by atoms with Crippen LogP contribution in [0.3, 0.4) is 0 Å². The van der Waals surface area contributed by atoms with E-state index in [0.29, 0.717) is 20.9 Å². The van der Waals surface area contributed by atoms with E-state index in [4.69, 9.17) is 4.74 Å². The van der Waals surface area contributed by atoms with Gasteiger partial charge in [-0.1, -0.05) is 54.2 Å². The lowest BCUT2D eigenvalue weighted by Crippen LogP contribution is -2.34. The van der Waals surface area contributed by atoms with Crippen LogP contribution in [0.2, 0.25) is 0 Å². The molecule has 0 aromatic heterocycles. The molecule has 0 aliphatic rings. The average molecular weight is 416 g/mol. The Morgan fingerprint density at radius 2 is 1.50 bits per heavy atom. The van der Waals surface area contributed by atoms with Gasteiger partial charge in [-0.15, -0.1) is 0 Å². The van der Waals surface area contributed by atoms with Crippen molar-refractivity contribution in [2.45, 2.75) is 9.79 Å². The number of benzene rings is 3. The molecule has 7 heteroatoms. The molecular formula is C23H16N2O4S. The van der Waals surface area contributed by atoms with Crippen LogP contribution in [-0.4, -0.2) is 24.4 Å². The summed E-state index contributed by atoms with van der Waals surface area (Å²) in [6, 6.07) is 24.2. The lowest BCUT2D eigenvalue weighted by molar-refractivity contribution is -0.123. The molecule has 0 atom stereocenters. The van der Waals surface area contributed by atoms with Crippen LogP contribution in [0.5, 0.6) is 0 Å². The average Bonchev–Trinajstić information content (AvgIpc) is 2.78. The first-order chi connectivity index (χ1) is 14.6. The minimum absolute atomic E-state index is 0.262. The van der Waals surface area contributed by atoms with E-state index in [1.807, 2.05) is 0 Å². The summed E-state index contributed by atoms with van der Waals surface area (Å²) in [7, 11) is 0. The number of rotatable bonds is 6. The maximum Gasteiger partial charge on any atom is 0.339 e. The van der Waals surface area contributed by atoms with Crippen molar-refractivity contribution in [1.29, 1.82) is 5.26 Å². The maximum absolute atomic E-state index is 12.5. The third-order valence-corrected chi connectivity index (χ3v) is 5.11. The van der Waals surface area contributed by atoms with Gasteiger partial charge >= 0.3 is 5.97 Å². The molecule has 0 saturated carbocycles. The van der Waals surface area contributed by atoms with E-state index < -0.39 is 24.4 Å². The van der Waals surface area contributed by atoms with E-state index in [1.165, 1.54) is 11.8 Å². The first-order valence-electron chi connectivity index (χ1n) is 8.91. The number of carbonyl (C=O) groups excluding carboxylic acids is 3. The molecule has 3 aromatic rings. The number of esters is 1. The number of hydrogen-bond acceptors (Lipinski definition) is 6. The van der Waals surface area contributed by atoms with E-state index in [-0.39, 0.29) is 5.56 Å². The molecule has 0 unspecified atom stereocenters. The summed E-state index contributed by atoms with van der Waals surface area (Å²) in [6.07, 6.45) is 0. The highest BCUT2D eigenvalue weighted by Crippen LogP contribution is 2.32. The van der Waals surface area contributed by atoms with Crippen molar-refractivity contribution in [2.75, 3.05) is 6.61 Å². The van der Waals surface area contributed by atoms with E-state index in [2.05, 4.69) is 11.4 Å². The monoisotopic (exact) mass is 416 g/mol. The van der Waals surface area contributed by atoms with Gasteiger partial charge in [-0.2, -0.15) is 5.26 Å². The van der Waals surface area contributed by atoms with Crippen LogP contribution >= 0.6 is 11.8 Å². The second-order valence-corrected chi connectivity index (χ2v) is 7.11. The Morgan fingerprint density at radius 1 is 0.867 bits per heavy atom. The lowest BCUT2D eigenvalue weighted by Gasteiger charge is -2.10. The summed E-state index contributed by atoms with van der Waals surface area (Å²) in [5.74, 6) is -1.99. The smallest absolute Gasteiger partial charge is 0.339 e. The zero-order chi connectivity index (χ0) is 21.3. The fourth-order valence-corrected chi connectivity index (χ4v) is 3.54. The molecule has 6 nitrogen and oxygen atoms in total. The molecule has 0 aliphatic carbocycles. The molecule has 3 aromatic carbocycles. The quantitative estimate of drug-likeness (QED) is 0.614. The van der Waals surface area contributed by atoms with Gasteiger partial charge in [-0.05, 0) is 36.4 Å². The normalized spacial score (nSPS) is 9.97. The summed E-state index contributed by atoms with van der Waals surface area (Å²) in [4.78, 5) is 37.8. The molecule has 0 bridgehead atoms. The van der Waals surface area contributed by atoms with Gasteiger partial charge < -0.3 is 4.74 Å². The zero-order valence-corrected chi connectivity index (χ0v) is 16.5. The molecule has 148 valence electrons. The van der Waals surface area contributed by atoms with Crippen molar-refractivity contribution in [1.82, 2.24) is 5.32 Å². The predicted octanol–water partition coefficient (Wildman–Crippen LogP) is 3.82. The van der Waals surface area contributed by atoms with E-state index in [0.717, 1.165) is 0 Å². The first-order valence-corrected chi connectivity index (χ1v) is 9.72. The number of ether oxygens (including phenoxy) is 1. The molecule has 2 amide bonds. The third-order valence-electron chi connectivity index (χ3n) is 3.96. The fourth-order valence-electron chi connectivity index (χ4n) is 2.52. The van der Waals surface area contributed by atoms with Crippen LogP contribution in [0.1, 0.15) is 26.3 Å². The topological polar surface area (TPSA) is 96.3 Å². The van der Waals surface area contributed by atoms with Crippen molar-refractivity contribution < 1.29 is 19.1 Å². The van der Waals surface area contributed by atoms with Crippen LogP contribution in [0.15, 0.2) is 88.7 Å². The zero-order valence-electron chi connectivity index (χ0n) is 15.7. The minimum atomic E-state index is -0.725. The Kier molecular flexibility index (Phi) is 6.98. The third kappa shape index (κ3) is 5.34. The van der Waals surface area contributed by atoms with Gasteiger partial charge in [-0.3, -0.25) is 14.9 Å². The summed E-state index contributed by atoms with van der Waals surface area (Å²) < 4.78 is 5.08. The summed E-state index contributed by atoms with van der Waals surface area (Å²) in [5, 5.41) is 11.4. The summed E-state index contributed by atoms with van der Waals surface area (Å²) in [6.45, 7) is -0.592. The molecule has 0 fully saturated rings. The van der Waals surface area contributed by atoms with E-state index in [1.54, 1.807) is 78.9 Å². The molecule has 0 heterocycles. The predicted molar refractivity (Wildman–Crippen MR) is 111 cm³/mol. The van der Waals surface area contributed by atoms with Gasteiger partial charge in [0.15, 0.2) is 6.61 Å². The lowest BCUT2D eigenvalue weighted by atomic mass is 10.2. The SMILES string of the molecule is N#Cc1ccccc1Sc1ccccc1C(=O)OCC(=O)NC(=O)c1ccccc1. The van der Waals surface area contributed by atoms with Crippen molar-refractivity contribution in [3.8, 4) is 6.07 Å². The second-order valence-electron chi connectivity index (χ2n) is 6.03. The number of nitrogens with one attached hydrogen (secondary N) is 1. The van der Waals surface area contributed by atoms with Crippen LogP contribution in [0.25, 0.3) is 0 Å². The van der Waals surface area contributed by atoms with Gasteiger partial charge in [0, 0.05) is 15.4 Å².